The van der Waals surface area contributed by atoms with Gasteiger partial charge in [0.1, 0.15) is 6.10 Å². The maximum atomic E-state index is 5.64. The zero-order chi connectivity index (χ0) is 14.2. The summed E-state index contributed by atoms with van der Waals surface area (Å²) < 4.78 is 16.1. The Morgan fingerprint density at radius 2 is 2.05 bits per heavy atom. The Kier molecular flexibility index (Phi) is 6.73. The summed E-state index contributed by atoms with van der Waals surface area (Å²) in [7, 11) is 0.857. The monoisotopic (exact) mass is 294 g/mol. The number of benzene rings is 1. The van der Waals surface area contributed by atoms with Gasteiger partial charge in [-0.3, -0.25) is 0 Å². The van der Waals surface area contributed by atoms with Crippen molar-refractivity contribution in [2.24, 2.45) is 0 Å². The molecule has 3 nitrogen and oxygen atoms in total. The molecule has 2 rings (SSSR count). The molecule has 1 aromatic carbocycles. The Balaban J connectivity index is 1.78. The molecule has 1 heterocycles. The summed E-state index contributed by atoms with van der Waals surface area (Å²) in [5.41, 5.74) is 1.44. The second kappa shape index (κ2) is 8.57. The highest BCUT2D eigenvalue weighted by molar-refractivity contribution is 6.73. The van der Waals surface area contributed by atoms with Gasteiger partial charge in [-0.15, -0.1) is 0 Å². The number of ether oxygens (including phenoxy) is 3. The quantitative estimate of drug-likeness (QED) is 0.375. The van der Waals surface area contributed by atoms with Crippen LogP contribution in [0, 0.1) is 6.92 Å². The van der Waals surface area contributed by atoms with Gasteiger partial charge in [-0.25, -0.2) is 0 Å². The van der Waals surface area contributed by atoms with Crippen molar-refractivity contribution in [3.63, 3.8) is 0 Å². The fraction of sp³-hybridized carbons (Fsp3) is 0.625. The third-order valence-corrected chi connectivity index (χ3v) is 7.41. The molecule has 0 spiro atoms. The molecule has 0 bridgehead atoms. The smallest absolute Gasteiger partial charge is 0.104 e. The molecule has 112 valence electrons. The van der Waals surface area contributed by atoms with Crippen molar-refractivity contribution in [3.8, 4) is 0 Å². The fourth-order valence-electron chi connectivity index (χ4n) is 2.57. The molecule has 1 saturated heterocycles. The van der Waals surface area contributed by atoms with E-state index in [0.717, 1.165) is 32.8 Å². The average Bonchev–Trinajstić information content (AvgIpc) is 3.27. The largest absolute Gasteiger partial charge is 0.385 e. The van der Waals surface area contributed by atoms with Crippen LogP contribution in [0.4, 0.5) is 0 Å². The minimum Gasteiger partial charge on any atom is -0.385 e. The Bertz CT molecular complexity index is 393. The predicted octanol–water partition coefficient (Wildman–Crippen LogP) is 1.88. The van der Waals surface area contributed by atoms with Gasteiger partial charge in [0.05, 0.1) is 22.0 Å². The highest BCUT2D eigenvalue weighted by Gasteiger charge is 2.22. The minimum absolute atomic E-state index is 0.382. The maximum Gasteiger partial charge on any atom is 0.104 e. The Hall–Kier alpha value is -0.683. The minimum atomic E-state index is -0.937. The Morgan fingerprint density at radius 3 is 2.75 bits per heavy atom. The van der Waals surface area contributed by atoms with E-state index in [1.165, 1.54) is 17.7 Å². The first kappa shape index (κ1) is 15.7. The molecule has 2 atom stereocenters. The van der Waals surface area contributed by atoms with Crippen molar-refractivity contribution in [1.82, 2.24) is 0 Å². The van der Waals surface area contributed by atoms with E-state index in [1.807, 2.05) is 0 Å². The molecular weight excluding hydrogens is 268 g/mol. The third kappa shape index (κ3) is 5.36. The number of rotatable bonds is 10. The van der Waals surface area contributed by atoms with Crippen LogP contribution in [-0.2, 0) is 14.2 Å². The van der Waals surface area contributed by atoms with E-state index in [1.54, 1.807) is 12.3 Å². The maximum absolute atomic E-state index is 5.64. The van der Waals surface area contributed by atoms with Crippen LogP contribution < -0.4 is 5.19 Å². The van der Waals surface area contributed by atoms with E-state index in [2.05, 4.69) is 31.2 Å². The van der Waals surface area contributed by atoms with E-state index in [-0.39, 0.29) is 0 Å². The van der Waals surface area contributed by atoms with Gasteiger partial charge in [-0.05, 0) is 19.4 Å². The van der Waals surface area contributed by atoms with E-state index in [0.29, 0.717) is 6.10 Å². The van der Waals surface area contributed by atoms with Gasteiger partial charge >= 0.3 is 0 Å². The highest BCUT2D eigenvalue weighted by Crippen LogP contribution is 2.11. The molecule has 1 aromatic rings. The van der Waals surface area contributed by atoms with Gasteiger partial charge in [0.25, 0.3) is 0 Å². The second-order valence-corrected chi connectivity index (χ2v) is 8.68. The first-order valence-electron chi connectivity index (χ1n) is 7.55. The summed E-state index contributed by atoms with van der Waals surface area (Å²) in [6.45, 7) is 5.62. The van der Waals surface area contributed by atoms with Crippen LogP contribution in [0.15, 0.2) is 24.3 Å². The first-order chi connectivity index (χ1) is 9.81. The average molecular weight is 294 g/mol. The molecule has 20 heavy (non-hydrogen) atoms. The zero-order valence-electron chi connectivity index (χ0n) is 12.6. The van der Waals surface area contributed by atoms with Crippen molar-refractivity contribution < 1.29 is 14.2 Å². The summed E-state index contributed by atoms with van der Waals surface area (Å²) in [5.74, 6) is 0. The van der Waals surface area contributed by atoms with Crippen LogP contribution in [0.5, 0.6) is 0 Å². The summed E-state index contributed by atoms with van der Waals surface area (Å²) in [6.07, 6.45) is 1.54. The van der Waals surface area contributed by atoms with E-state index >= 15 is 0 Å². The first-order valence-corrected chi connectivity index (χ1v) is 9.76. The fourth-order valence-corrected chi connectivity index (χ4v) is 5.78. The van der Waals surface area contributed by atoms with Crippen molar-refractivity contribution >= 4 is 14.0 Å². The molecule has 0 aliphatic carbocycles. The third-order valence-electron chi connectivity index (χ3n) is 3.85. The number of aryl methyl sites for hydroxylation is 1. The molecule has 4 heteroatoms. The molecule has 2 unspecified atom stereocenters. The van der Waals surface area contributed by atoms with E-state index in [9.17, 15) is 0 Å². The molecule has 0 radical (unpaired) electrons. The standard InChI is InChI=1S/C16H26O3Si/c1-14-6-3-4-7-16(14)20(11-9-17-2)10-5-8-18-12-15-13-19-15/h3-4,6-7,15,20H,5,8-13H2,1-2H3. The molecular formula is C16H26O3Si. The lowest BCUT2D eigenvalue weighted by molar-refractivity contribution is 0.117. The summed E-state index contributed by atoms with van der Waals surface area (Å²) >= 11 is 0. The van der Waals surface area contributed by atoms with Gasteiger partial charge in [-0.2, -0.15) is 0 Å². The van der Waals surface area contributed by atoms with Crippen molar-refractivity contribution in [2.45, 2.75) is 31.5 Å². The number of hydrogen-bond acceptors (Lipinski definition) is 3. The zero-order valence-corrected chi connectivity index (χ0v) is 13.8. The van der Waals surface area contributed by atoms with Crippen molar-refractivity contribution in [3.05, 3.63) is 29.8 Å². The summed E-state index contributed by atoms with van der Waals surface area (Å²) in [4.78, 5) is 0. The van der Waals surface area contributed by atoms with Crippen LogP contribution >= 0.6 is 0 Å². The Morgan fingerprint density at radius 1 is 1.25 bits per heavy atom. The van der Waals surface area contributed by atoms with Gasteiger partial charge in [0.15, 0.2) is 0 Å². The van der Waals surface area contributed by atoms with Gasteiger partial charge in [0, 0.05) is 20.3 Å². The summed E-state index contributed by atoms with van der Waals surface area (Å²) in [5, 5.41) is 1.59. The SMILES string of the molecule is COCC[SiH](CCCOCC1CO1)c1ccccc1C. The lowest BCUT2D eigenvalue weighted by Gasteiger charge is -2.17. The van der Waals surface area contributed by atoms with Crippen molar-refractivity contribution in [2.75, 3.05) is 33.5 Å². The van der Waals surface area contributed by atoms with E-state index in [4.69, 9.17) is 14.2 Å². The van der Waals surface area contributed by atoms with Gasteiger partial charge in [0.2, 0.25) is 0 Å². The van der Waals surface area contributed by atoms with Crippen LogP contribution in [0.3, 0.4) is 0 Å². The van der Waals surface area contributed by atoms with Gasteiger partial charge < -0.3 is 14.2 Å². The second-order valence-electron chi connectivity index (χ2n) is 5.51. The highest BCUT2D eigenvalue weighted by atomic mass is 28.3. The van der Waals surface area contributed by atoms with Crippen LogP contribution in [0.25, 0.3) is 0 Å². The van der Waals surface area contributed by atoms with Crippen molar-refractivity contribution in [1.29, 1.82) is 0 Å². The molecule has 0 amide bonds. The number of methoxy groups -OCH3 is 1. The molecule has 0 aromatic heterocycles. The lowest BCUT2D eigenvalue weighted by Crippen LogP contribution is -2.33. The number of epoxide rings is 1. The van der Waals surface area contributed by atoms with E-state index < -0.39 is 8.80 Å². The van der Waals surface area contributed by atoms with Crippen LogP contribution in [0.1, 0.15) is 12.0 Å². The lowest BCUT2D eigenvalue weighted by atomic mass is 10.2. The topological polar surface area (TPSA) is 31.0 Å². The number of hydrogen-bond donors (Lipinski definition) is 0. The molecule has 1 fully saturated rings. The normalized spacial score (nSPS) is 19.0. The molecule has 1 aliphatic heterocycles. The summed E-state index contributed by atoms with van der Waals surface area (Å²) in [6, 6.07) is 11.3. The molecule has 1 aliphatic rings. The van der Waals surface area contributed by atoms with Crippen LogP contribution in [0.2, 0.25) is 12.1 Å². The Labute approximate surface area is 123 Å². The molecule has 0 N–H and O–H groups in total. The predicted molar refractivity (Wildman–Crippen MR) is 84.6 cm³/mol. The van der Waals surface area contributed by atoms with Crippen LogP contribution in [-0.4, -0.2) is 48.4 Å². The van der Waals surface area contributed by atoms with Gasteiger partial charge in [-0.1, -0.05) is 41.1 Å². The molecule has 0 saturated carbocycles.